The summed E-state index contributed by atoms with van der Waals surface area (Å²) in [6.07, 6.45) is 7.46. The molecule has 17 nitrogen and oxygen atoms in total. The minimum Gasteiger partial charge on any atom is -0.465 e. The molecular weight excluding hydrogens is 1030 g/mol. The number of fused-ring (bicyclic) bond motifs is 3. The second kappa shape index (κ2) is 24.3. The van der Waals surface area contributed by atoms with Crippen LogP contribution >= 0.6 is 0 Å². The van der Waals surface area contributed by atoms with Gasteiger partial charge in [0.1, 0.15) is 11.3 Å². The van der Waals surface area contributed by atoms with Crippen molar-refractivity contribution in [2.75, 3.05) is 24.3 Å². The van der Waals surface area contributed by atoms with E-state index in [0.717, 1.165) is 53.5 Å². The molecule has 0 atom stereocenters. The number of Topliss-reactive ketones (excluding diaryl/α,β-unsaturated/α-hetero) is 1. The van der Waals surface area contributed by atoms with Crippen LogP contribution in [0, 0.1) is 0 Å². The number of esters is 2. The predicted molar refractivity (Wildman–Crippen MR) is 313 cm³/mol. The van der Waals surface area contributed by atoms with Crippen molar-refractivity contribution in [2.45, 2.75) is 155 Å². The van der Waals surface area contributed by atoms with E-state index >= 15 is 0 Å². The Hall–Kier alpha value is -7.39. The first-order chi connectivity index (χ1) is 37.3. The summed E-state index contributed by atoms with van der Waals surface area (Å²) in [5.74, 6) is -2.11. The van der Waals surface area contributed by atoms with Crippen LogP contribution in [0.25, 0.3) is 10.9 Å². The van der Waals surface area contributed by atoms with Gasteiger partial charge in [-0.15, -0.1) is 0 Å². The van der Waals surface area contributed by atoms with Gasteiger partial charge in [0.05, 0.1) is 40.8 Å². The van der Waals surface area contributed by atoms with Gasteiger partial charge in [0.25, 0.3) is 17.6 Å². The zero-order valence-corrected chi connectivity index (χ0v) is 49.7. The lowest BCUT2D eigenvalue weighted by molar-refractivity contribution is -0.154. The topological polar surface area (TPSA) is 225 Å². The van der Waals surface area contributed by atoms with Crippen LogP contribution in [-0.2, 0) is 65.6 Å². The largest absolute Gasteiger partial charge is 0.465 e. The van der Waals surface area contributed by atoms with Gasteiger partial charge in [-0.1, -0.05) is 73.5 Å². The first-order valence-electron chi connectivity index (χ1n) is 27.2. The van der Waals surface area contributed by atoms with Crippen molar-refractivity contribution < 1.29 is 43.0 Å². The SMILES string of the molecule is CCOC(=O)C1(c2ccc(NC(=O)OC(C)(C)C)c(C(=O)C(=O)N3Cc4ccccc4C3)c2)CCC1.CCOC(=O)C1(c2ccc3nc(N)nc(C(=O)N4Cc5ccccc5C4)c3c2)CCC1.C[Si](C)(C)N=CC=N[Si](C)(C)C. The molecule has 0 saturated heterocycles. The highest BCUT2D eigenvalue weighted by atomic mass is 28.3. The average Bonchev–Trinajstić information content (AvgIpc) is 4.11. The third-order valence-electron chi connectivity index (χ3n) is 14.1. The number of rotatable bonds is 13. The van der Waals surface area contributed by atoms with Crippen molar-refractivity contribution in [3.63, 3.8) is 0 Å². The number of amides is 3. The van der Waals surface area contributed by atoms with E-state index in [1.54, 1.807) is 50.8 Å². The fourth-order valence-electron chi connectivity index (χ4n) is 9.86. The van der Waals surface area contributed by atoms with Crippen molar-refractivity contribution in [3.8, 4) is 0 Å². The van der Waals surface area contributed by atoms with E-state index < -0.39 is 50.7 Å². The number of hydrogen-bond acceptors (Lipinski definition) is 14. The number of ether oxygens (including phenoxy) is 3. The number of carbonyl (C=O) groups is 6. The smallest absolute Gasteiger partial charge is 0.412 e. The molecule has 2 saturated carbocycles. The zero-order valence-electron chi connectivity index (χ0n) is 47.7. The number of nitrogens with one attached hydrogen (secondary N) is 1. The van der Waals surface area contributed by atoms with E-state index in [9.17, 15) is 28.8 Å². The average molecular weight is 1110 g/mol. The first-order valence-corrected chi connectivity index (χ1v) is 34.1. The van der Waals surface area contributed by atoms with Crippen molar-refractivity contribution in [2.24, 2.45) is 9.32 Å². The third-order valence-corrected chi connectivity index (χ3v) is 16.0. The minimum atomic E-state index is -1.26. The molecule has 2 aliphatic heterocycles. The molecule has 5 aromatic rings. The molecule has 3 N–H and O–H groups in total. The Morgan fingerprint density at radius 2 is 1.11 bits per heavy atom. The van der Waals surface area contributed by atoms with Gasteiger partial charge in [-0.2, -0.15) is 0 Å². The van der Waals surface area contributed by atoms with Gasteiger partial charge >= 0.3 is 18.0 Å². The zero-order chi connectivity index (χ0) is 57.5. The Morgan fingerprint density at radius 3 is 1.54 bits per heavy atom. The molecule has 0 radical (unpaired) electrons. The maximum atomic E-state index is 13.6. The van der Waals surface area contributed by atoms with Crippen LogP contribution in [0.3, 0.4) is 0 Å². The molecule has 1 aromatic heterocycles. The van der Waals surface area contributed by atoms with Gasteiger partial charge < -0.3 is 39.1 Å². The van der Waals surface area contributed by atoms with Crippen molar-refractivity contribution in [1.82, 2.24) is 19.8 Å². The first kappa shape index (κ1) is 59.3. The molecule has 3 amide bonds. The van der Waals surface area contributed by atoms with Crippen molar-refractivity contribution >= 4 is 87.1 Å². The molecule has 0 spiro atoms. The quantitative estimate of drug-likeness (QED) is 0.0280. The van der Waals surface area contributed by atoms with E-state index in [1.165, 1.54) is 4.90 Å². The summed E-state index contributed by atoms with van der Waals surface area (Å²) in [5.41, 5.74) is 10.4. The number of nitrogens with two attached hydrogens (primary N) is 1. The summed E-state index contributed by atoms with van der Waals surface area (Å²) in [6, 6.07) is 26.1. The molecule has 79 heavy (non-hydrogen) atoms. The van der Waals surface area contributed by atoms with Gasteiger partial charge in [0, 0.05) is 44.0 Å². The van der Waals surface area contributed by atoms with Crippen LogP contribution in [0.1, 0.15) is 127 Å². The summed E-state index contributed by atoms with van der Waals surface area (Å²) in [5, 5.41) is 3.22. The molecule has 0 unspecified atom stereocenters. The van der Waals surface area contributed by atoms with Crippen LogP contribution in [0.2, 0.25) is 39.3 Å². The summed E-state index contributed by atoms with van der Waals surface area (Å²) < 4.78 is 24.9. The lowest BCUT2D eigenvalue weighted by atomic mass is 9.64. The highest BCUT2D eigenvalue weighted by molar-refractivity contribution is 6.77. The second-order valence-corrected chi connectivity index (χ2v) is 32.6. The third kappa shape index (κ3) is 14.3. The Balaban J connectivity index is 0.000000191. The van der Waals surface area contributed by atoms with Crippen LogP contribution in [0.4, 0.5) is 16.4 Å². The van der Waals surface area contributed by atoms with E-state index in [4.69, 9.17) is 19.9 Å². The molecule has 2 fully saturated rings. The maximum Gasteiger partial charge on any atom is 0.412 e. The fraction of sp³-hybridized carbons (Fsp3) is 0.433. The second-order valence-electron chi connectivity index (χ2n) is 23.4. The number of anilines is 2. The number of nitrogens with zero attached hydrogens (tertiary/aromatic N) is 6. The molecule has 3 heterocycles. The number of benzene rings is 4. The van der Waals surface area contributed by atoms with Crippen LogP contribution in [0.5, 0.6) is 0 Å². The molecule has 418 valence electrons. The van der Waals surface area contributed by atoms with Gasteiger partial charge in [0.2, 0.25) is 5.95 Å². The van der Waals surface area contributed by atoms with Crippen LogP contribution in [-0.4, -0.2) is 103 Å². The molecule has 4 aromatic carbocycles. The molecule has 2 aliphatic carbocycles. The van der Waals surface area contributed by atoms with E-state index in [-0.39, 0.29) is 47.3 Å². The van der Waals surface area contributed by atoms with Crippen LogP contribution < -0.4 is 11.1 Å². The highest BCUT2D eigenvalue weighted by Gasteiger charge is 2.49. The summed E-state index contributed by atoms with van der Waals surface area (Å²) in [6.45, 7) is 24.4. The number of ketones is 1. The fourth-order valence-corrected chi connectivity index (χ4v) is 10.9. The van der Waals surface area contributed by atoms with E-state index in [2.05, 4.69) is 63.9 Å². The predicted octanol–water partition coefficient (Wildman–Crippen LogP) is 10.9. The summed E-state index contributed by atoms with van der Waals surface area (Å²) in [4.78, 5) is 90.3. The van der Waals surface area contributed by atoms with E-state index in [0.29, 0.717) is 62.1 Å². The minimum absolute atomic E-state index is 0.0230. The van der Waals surface area contributed by atoms with Crippen molar-refractivity contribution in [1.29, 1.82) is 0 Å². The molecular formula is C60H76N8O9Si2. The molecule has 19 heteroatoms. The van der Waals surface area contributed by atoms with Crippen LogP contribution in [0.15, 0.2) is 94.2 Å². The van der Waals surface area contributed by atoms with Gasteiger partial charge in [0.15, 0.2) is 16.5 Å². The Kier molecular flexibility index (Phi) is 18.3. The van der Waals surface area contributed by atoms with Gasteiger partial charge in [-0.05, 0) is 157 Å². The normalized spacial score (nSPS) is 16.0. The van der Waals surface area contributed by atoms with Crippen molar-refractivity contribution in [3.05, 3.63) is 130 Å². The molecule has 4 aliphatic rings. The Bertz CT molecular complexity index is 3110. The number of nitrogen functional groups attached to an aromatic ring is 1. The number of carbonyl (C=O) groups excluding carboxylic acids is 6. The number of hydrogen-bond donors (Lipinski definition) is 2. The monoisotopic (exact) mass is 1110 g/mol. The lowest BCUT2D eigenvalue weighted by Gasteiger charge is -2.40. The summed E-state index contributed by atoms with van der Waals surface area (Å²) >= 11 is 0. The van der Waals surface area contributed by atoms with Gasteiger partial charge in [-0.25, -0.2) is 14.8 Å². The number of aromatic nitrogens is 2. The highest BCUT2D eigenvalue weighted by Crippen LogP contribution is 2.47. The standard InChI is InChI=1S/C28H32N2O6.C24H24N4O3.C8H20N2Si2/c1-5-35-25(33)28(13-8-14-28)20-11-12-22(29-26(34)36-27(2,3)4)21(15-20)23(31)24(32)30-16-18-9-6-7-10-19(18)17-30;1-2-31-22(30)24(10-5-11-24)17-8-9-19-18(12-17)20(27-23(25)26-19)21(29)28-13-15-6-3-4-7-16(15)14-28;1-11(2,3)9-7-8-10-12(4,5)6/h6-7,9-12,15H,5,8,13-14,16-17H2,1-4H3,(H,29,34);3-4,6-9,12H,2,5,10-11,13-14H2,1H3,(H2,25,26,27);7-8H,1-6H3. The van der Waals surface area contributed by atoms with Gasteiger partial charge in [-0.3, -0.25) is 29.3 Å². The van der Waals surface area contributed by atoms with E-state index in [1.807, 2.05) is 86.1 Å². The molecule has 0 bridgehead atoms. The molecule has 9 rings (SSSR count). The lowest BCUT2D eigenvalue weighted by Crippen LogP contribution is -2.44. The Labute approximate surface area is 466 Å². The summed E-state index contributed by atoms with van der Waals surface area (Å²) in [7, 11) is -2.52. The Morgan fingerprint density at radius 1 is 0.658 bits per heavy atom. The maximum absolute atomic E-state index is 13.6.